The second-order valence-electron chi connectivity index (χ2n) is 4.62. The summed E-state index contributed by atoms with van der Waals surface area (Å²) in [6.45, 7) is 10.1. The zero-order chi connectivity index (χ0) is 12.7. The lowest BCUT2D eigenvalue weighted by atomic mass is 10.1. The van der Waals surface area contributed by atoms with Crippen LogP contribution in [0.2, 0.25) is 0 Å². The Morgan fingerprint density at radius 1 is 1.53 bits per heavy atom. The van der Waals surface area contributed by atoms with Crippen molar-refractivity contribution in [2.24, 2.45) is 5.92 Å². The molecule has 0 bridgehead atoms. The third kappa shape index (κ3) is 4.48. The molecule has 4 heteroatoms. The Morgan fingerprint density at radius 2 is 2.29 bits per heavy atom. The average Bonchev–Trinajstić information content (AvgIpc) is 2.67. The number of hydrogen-bond donors (Lipinski definition) is 1. The van der Waals surface area contributed by atoms with Crippen molar-refractivity contribution in [1.82, 2.24) is 15.1 Å². The Hall–Kier alpha value is -0.870. The highest BCUT2D eigenvalue weighted by Gasteiger charge is 2.08. The minimum atomic E-state index is 0.683. The lowest BCUT2D eigenvalue weighted by Gasteiger charge is -2.11. The number of hydrogen-bond acceptors (Lipinski definition) is 3. The Labute approximate surface area is 104 Å². The Balaban J connectivity index is 2.46. The van der Waals surface area contributed by atoms with Crippen LogP contribution in [0.15, 0.2) is 6.20 Å². The molecule has 4 nitrogen and oxygen atoms in total. The summed E-state index contributed by atoms with van der Waals surface area (Å²) in [5.41, 5.74) is 2.56. The Kier molecular flexibility index (Phi) is 6.22. The van der Waals surface area contributed by atoms with Crippen molar-refractivity contribution in [3.8, 4) is 0 Å². The fourth-order valence-electron chi connectivity index (χ4n) is 1.66. The van der Waals surface area contributed by atoms with Crippen molar-refractivity contribution in [1.29, 1.82) is 0 Å². The first-order valence-corrected chi connectivity index (χ1v) is 6.40. The van der Waals surface area contributed by atoms with Gasteiger partial charge in [0.25, 0.3) is 0 Å². The van der Waals surface area contributed by atoms with Gasteiger partial charge in [-0.1, -0.05) is 20.3 Å². The van der Waals surface area contributed by atoms with E-state index < -0.39 is 0 Å². The molecule has 0 aliphatic rings. The molecule has 1 N–H and O–H groups in total. The van der Waals surface area contributed by atoms with E-state index in [0.29, 0.717) is 5.92 Å². The molecule has 1 heterocycles. The predicted molar refractivity (Wildman–Crippen MR) is 70.0 cm³/mol. The first-order chi connectivity index (χ1) is 8.19. The molecule has 0 saturated heterocycles. The maximum atomic E-state index is 5.00. The molecular formula is C13H25N3O. The van der Waals surface area contributed by atoms with Gasteiger partial charge in [0.1, 0.15) is 0 Å². The van der Waals surface area contributed by atoms with Gasteiger partial charge in [-0.3, -0.25) is 4.68 Å². The van der Waals surface area contributed by atoms with Gasteiger partial charge < -0.3 is 10.1 Å². The number of nitrogens with one attached hydrogen (secondary N) is 1. The summed E-state index contributed by atoms with van der Waals surface area (Å²) in [7, 11) is 1.72. The molecule has 0 aliphatic carbocycles. The van der Waals surface area contributed by atoms with E-state index in [2.05, 4.69) is 35.9 Å². The maximum absolute atomic E-state index is 5.00. The van der Waals surface area contributed by atoms with Crippen molar-refractivity contribution in [3.05, 3.63) is 17.5 Å². The van der Waals surface area contributed by atoms with Gasteiger partial charge in [0.15, 0.2) is 0 Å². The minimum absolute atomic E-state index is 0.683. The molecule has 0 saturated carbocycles. The van der Waals surface area contributed by atoms with Gasteiger partial charge in [-0.25, -0.2) is 0 Å². The maximum Gasteiger partial charge on any atom is 0.0587 e. The van der Waals surface area contributed by atoms with Crippen LogP contribution in [0.1, 0.15) is 31.5 Å². The van der Waals surface area contributed by atoms with E-state index in [1.807, 2.05) is 6.20 Å². The smallest absolute Gasteiger partial charge is 0.0587 e. The van der Waals surface area contributed by atoms with Crippen molar-refractivity contribution < 1.29 is 4.74 Å². The quantitative estimate of drug-likeness (QED) is 0.705. The van der Waals surface area contributed by atoms with Gasteiger partial charge in [-0.15, -0.1) is 0 Å². The lowest BCUT2D eigenvalue weighted by molar-refractivity contribution is 0.199. The van der Waals surface area contributed by atoms with E-state index in [9.17, 15) is 0 Å². The van der Waals surface area contributed by atoms with Gasteiger partial charge in [-0.05, 0) is 12.8 Å². The van der Waals surface area contributed by atoms with Gasteiger partial charge in [0.05, 0.1) is 12.8 Å². The van der Waals surface area contributed by atoms with Crippen LogP contribution >= 0.6 is 0 Å². The van der Waals surface area contributed by atoms with Crippen molar-refractivity contribution >= 4 is 0 Å². The van der Waals surface area contributed by atoms with Crippen molar-refractivity contribution in [2.75, 3.05) is 20.3 Å². The first kappa shape index (κ1) is 14.2. The molecule has 1 aromatic heterocycles. The molecular weight excluding hydrogens is 214 g/mol. The Morgan fingerprint density at radius 3 is 2.94 bits per heavy atom. The van der Waals surface area contributed by atoms with E-state index >= 15 is 0 Å². The first-order valence-electron chi connectivity index (χ1n) is 6.40. The highest BCUT2D eigenvalue weighted by atomic mass is 16.5. The van der Waals surface area contributed by atoms with Crippen LogP contribution in [0.3, 0.4) is 0 Å². The third-order valence-corrected chi connectivity index (χ3v) is 3.18. The molecule has 0 fully saturated rings. The summed E-state index contributed by atoms with van der Waals surface area (Å²) in [4.78, 5) is 0. The van der Waals surface area contributed by atoms with Crippen LogP contribution in [0, 0.1) is 12.8 Å². The number of rotatable bonds is 8. The molecule has 17 heavy (non-hydrogen) atoms. The molecule has 0 aliphatic heterocycles. The largest absolute Gasteiger partial charge is 0.383 e. The van der Waals surface area contributed by atoms with E-state index in [4.69, 9.17) is 4.74 Å². The van der Waals surface area contributed by atoms with E-state index in [-0.39, 0.29) is 0 Å². The fraction of sp³-hybridized carbons (Fsp3) is 0.769. The lowest BCUT2D eigenvalue weighted by Crippen LogP contribution is -2.19. The van der Waals surface area contributed by atoms with Gasteiger partial charge in [0.2, 0.25) is 0 Å². The predicted octanol–water partition coefficient (Wildman–Crippen LogP) is 1.97. The van der Waals surface area contributed by atoms with Gasteiger partial charge >= 0.3 is 0 Å². The number of ether oxygens (including phenoxy) is 1. The van der Waals surface area contributed by atoms with E-state index in [1.54, 1.807) is 7.11 Å². The highest BCUT2D eigenvalue weighted by Crippen LogP contribution is 2.11. The summed E-state index contributed by atoms with van der Waals surface area (Å²) >= 11 is 0. The van der Waals surface area contributed by atoms with Crippen LogP contribution < -0.4 is 5.32 Å². The van der Waals surface area contributed by atoms with Gasteiger partial charge in [-0.2, -0.15) is 5.10 Å². The molecule has 1 unspecified atom stereocenters. The SMILES string of the molecule is CCC(C)Cn1ncc(CNCCOC)c1C. The molecule has 1 rings (SSSR count). The zero-order valence-electron chi connectivity index (χ0n) is 11.5. The third-order valence-electron chi connectivity index (χ3n) is 3.18. The summed E-state index contributed by atoms with van der Waals surface area (Å²) in [5.74, 6) is 0.683. The van der Waals surface area contributed by atoms with Crippen LogP contribution in [0.4, 0.5) is 0 Å². The van der Waals surface area contributed by atoms with Crippen LogP contribution in [-0.2, 0) is 17.8 Å². The average molecular weight is 239 g/mol. The van der Waals surface area contributed by atoms with Crippen molar-refractivity contribution in [2.45, 2.75) is 40.3 Å². The molecule has 0 radical (unpaired) electrons. The van der Waals surface area contributed by atoms with Crippen LogP contribution in [0.5, 0.6) is 0 Å². The Bertz CT molecular complexity index is 322. The molecule has 0 spiro atoms. The second kappa shape index (κ2) is 7.45. The standard InChI is InChI=1S/C13H25N3O/c1-5-11(2)10-16-12(3)13(9-15-16)8-14-6-7-17-4/h9,11,14H,5-8,10H2,1-4H3. The molecule has 0 aromatic carbocycles. The highest BCUT2D eigenvalue weighted by molar-refractivity contribution is 5.15. The van der Waals surface area contributed by atoms with Crippen LogP contribution in [-0.4, -0.2) is 30.0 Å². The second-order valence-corrected chi connectivity index (χ2v) is 4.62. The van der Waals surface area contributed by atoms with Crippen LogP contribution in [0.25, 0.3) is 0 Å². The molecule has 1 aromatic rings. The van der Waals surface area contributed by atoms with Crippen molar-refractivity contribution in [3.63, 3.8) is 0 Å². The molecule has 1 atom stereocenters. The topological polar surface area (TPSA) is 39.1 Å². The molecule has 0 amide bonds. The number of aromatic nitrogens is 2. The van der Waals surface area contributed by atoms with Gasteiger partial charge in [0, 0.05) is 38.0 Å². The summed E-state index contributed by atoms with van der Waals surface area (Å²) in [6, 6.07) is 0. The summed E-state index contributed by atoms with van der Waals surface area (Å²) in [6.07, 6.45) is 3.16. The van der Waals surface area contributed by atoms with E-state index in [1.165, 1.54) is 17.7 Å². The monoisotopic (exact) mass is 239 g/mol. The number of nitrogens with zero attached hydrogens (tertiary/aromatic N) is 2. The van der Waals surface area contributed by atoms with E-state index in [0.717, 1.165) is 26.2 Å². The fourth-order valence-corrected chi connectivity index (χ4v) is 1.66. The zero-order valence-corrected chi connectivity index (χ0v) is 11.5. The summed E-state index contributed by atoms with van der Waals surface area (Å²) < 4.78 is 7.11. The number of methoxy groups -OCH3 is 1. The minimum Gasteiger partial charge on any atom is -0.383 e. The normalized spacial score (nSPS) is 12.9. The summed E-state index contributed by atoms with van der Waals surface area (Å²) in [5, 5.41) is 7.79. The molecule has 98 valence electrons.